The third kappa shape index (κ3) is 7.70. The van der Waals surface area contributed by atoms with Crippen LogP contribution in [0.4, 0.5) is 5.95 Å². The van der Waals surface area contributed by atoms with E-state index in [0.717, 1.165) is 16.7 Å². The Bertz CT molecular complexity index is 1800. The van der Waals surface area contributed by atoms with E-state index >= 15 is 0 Å². The van der Waals surface area contributed by atoms with Crippen molar-refractivity contribution in [3.8, 4) is 23.0 Å². The van der Waals surface area contributed by atoms with Crippen molar-refractivity contribution in [3.05, 3.63) is 174 Å². The summed E-state index contributed by atoms with van der Waals surface area (Å²) in [5.41, 5.74) is 8.02. The average molecular weight is 670 g/mol. The third-order valence-corrected chi connectivity index (χ3v) is 8.36. The fraction of sp³-hybridized carbons (Fsp3) is 0.171. The highest BCUT2D eigenvalue weighted by Gasteiger charge is 2.41. The minimum absolute atomic E-state index is 0.104. The van der Waals surface area contributed by atoms with E-state index in [-0.39, 0.29) is 12.6 Å². The average Bonchev–Trinajstić information content (AvgIpc) is 3.18. The number of aliphatic hydroxyl groups is 1. The van der Waals surface area contributed by atoms with Crippen LogP contribution in [0.25, 0.3) is 0 Å². The molecule has 0 fully saturated rings. The molecule has 0 saturated carbocycles. The Labute approximate surface area is 291 Å². The van der Waals surface area contributed by atoms with Gasteiger partial charge in [-0.3, -0.25) is 0 Å². The predicted octanol–water partition coefficient (Wildman–Crippen LogP) is 7.01. The van der Waals surface area contributed by atoms with Gasteiger partial charge in [0.1, 0.15) is 34.7 Å². The minimum atomic E-state index is -1.24. The number of aliphatic hydroxyl groups excluding tert-OH is 1. The maximum Gasteiger partial charge on any atom is 0.219 e. The Kier molecular flexibility index (Phi) is 10.9. The molecule has 5 aromatic carbocycles. The highest BCUT2D eigenvalue weighted by molar-refractivity contribution is 5.47. The molecule has 0 amide bonds. The van der Waals surface area contributed by atoms with Crippen molar-refractivity contribution < 1.29 is 28.8 Å². The molecule has 0 saturated heterocycles. The van der Waals surface area contributed by atoms with Gasteiger partial charge in [-0.2, -0.15) is 0 Å². The summed E-state index contributed by atoms with van der Waals surface area (Å²) in [6.45, 7) is -0.155. The van der Waals surface area contributed by atoms with Crippen molar-refractivity contribution in [3.63, 3.8) is 0 Å². The van der Waals surface area contributed by atoms with Crippen LogP contribution >= 0.6 is 0 Å². The van der Waals surface area contributed by atoms with Crippen LogP contribution < -0.4 is 24.7 Å². The lowest BCUT2D eigenvalue weighted by molar-refractivity contribution is -0.0974. The molecule has 6 rings (SSSR count). The van der Waals surface area contributed by atoms with Gasteiger partial charge in [0.25, 0.3) is 0 Å². The summed E-state index contributed by atoms with van der Waals surface area (Å²) in [7, 11) is 3.19. The van der Waals surface area contributed by atoms with Gasteiger partial charge in [-0.05, 0) is 65.2 Å². The molecule has 0 aliphatic carbocycles. The van der Waals surface area contributed by atoms with Gasteiger partial charge < -0.3 is 34.5 Å². The molecule has 6 aromatic rings. The molecule has 0 aliphatic rings. The summed E-state index contributed by atoms with van der Waals surface area (Å²) in [6, 6.07) is 44.2. The van der Waals surface area contributed by atoms with Gasteiger partial charge in [0, 0.05) is 18.0 Å². The fourth-order valence-corrected chi connectivity index (χ4v) is 5.85. The number of nitrogens with zero attached hydrogens (tertiary/aromatic N) is 2. The van der Waals surface area contributed by atoms with Crippen LogP contribution in [0, 0.1) is 0 Å². The molecule has 1 heterocycles. The van der Waals surface area contributed by atoms with Gasteiger partial charge in [-0.25, -0.2) is 9.97 Å². The van der Waals surface area contributed by atoms with Crippen LogP contribution in [0.5, 0.6) is 23.0 Å². The molecule has 3 N–H and O–H groups in total. The second-order valence-electron chi connectivity index (χ2n) is 11.5. The highest BCUT2D eigenvalue weighted by Crippen LogP contribution is 2.41. The van der Waals surface area contributed by atoms with Crippen molar-refractivity contribution in [1.82, 2.24) is 9.97 Å². The number of nitrogens with two attached hydrogens (primary N) is 1. The molecule has 0 spiro atoms. The molecule has 0 bridgehead atoms. The Morgan fingerprint density at radius 2 is 0.980 bits per heavy atom. The number of hydrogen-bond acceptors (Lipinski definition) is 9. The molecule has 1 aromatic heterocycles. The summed E-state index contributed by atoms with van der Waals surface area (Å²) in [5, 5.41) is 12.3. The summed E-state index contributed by atoms with van der Waals surface area (Å²) in [6.07, 6.45) is -0.0525. The first-order valence-corrected chi connectivity index (χ1v) is 16.2. The van der Waals surface area contributed by atoms with Crippen LogP contribution in [-0.2, 0) is 10.3 Å². The Balaban J connectivity index is 1.43. The third-order valence-electron chi connectivity index (χ3n) is 8.36. The molecule has 9 heteroatoms. The summed E-state index contributed by atoms with van der Waals surface area (Å²) in [4.78, 5) is 8.45. The fourth-order valence-electron chi connectivity index (χ4n) is 5.85. The molecule has 0 radical (unpaired) electrons. The van der Waals surface area contributed by atoms with Gasteiger partial charge in [0.05, 0.1) is 20.8 Å². The van der Waals surface area contributed by atoms with E-state index in [0.29, 0.717) is 28.6 Å². The van der Waals surface area contributed by atoms with Crippen LogP contribution in [0.2, 0.25) is 0 Å². The maximum absolute atomic E-state index is 12.3. The lowest BCUT2D eigenvalue weighted by Crippen LogP contribution is -2.45. The number of rotatable bonds is 15. The molecule has 254 valence electrons. The zero-order valence-corrected chi connectivity index (χ0v) is 27.8. The van der Waals surface area contributed by atoms with Crippen molar-refractivity contribution >= 4 is 5.95 Å². The van der Waals surface area contributed by atoms with E-state index < -0.39 is 23.9 Å². The number of nitrogen functional groups attached to an aromatic ring is 1. The molecule has 3 atom stereocenters. The number of benzene rings is 5. The first kappa shape index (κ1) is 34.0. The lowest BCUT2D eigenvalue weighted by atomic mass is 9.80. The summed E-state index contributed by atoms with van der Waals surface area (Å²) in [5.74, 6) is 2.43. The van der Waals surface area contributed by atoms with Crippen molar-refractivity contribution in [2.75, 3.05) is 26.6 Å². The van der Waals surface area contributed by atoms with Gasteiger partial charge in [0.2, 0.25) is 5.95 Å². The van der Waals surface area contributed by atoms with Crippen molar-refractivity contribution in [1.29, 1.82) is 0 Å². The number of anilines is 1. The normalized spacial score (nSPS) is 13.1. The highest BCUT2D eigenvalue weighted by atomic mass is 16.6. The van der Waals surface area contributed by atoms with Crippen LogP contribution in [0.3, 0.4) is 0 Å². The SMILES string of the molecule is COc1ccc(O[C@@H]([C@H](O)COC(c2ccccc2)(c2ccccc2)c2ccccc2)[C@H](Oc2ccc(OC)cc2)c2cnc(N)nc2)cc1. The Hall–Kier alpha value is -5.90. The molecule has 0 unspecified atom stereocenters. The number of methoxy groups -OCH3 is 2. The lowest BCUT2D eigenvalue weighted by Gasteiger charge is -2.38. The van der Waals surface area contributed by atoms with E-state index in [1.807, 2.05) is 91.0 Å². The van der Waals surface area contributed by atoms with Crippen molar-refractivity contribution in [2.24, 2.45) is 0 Å². The first-order valence-electron chi connectivity index (χ1n) is 16.2. The van der Waals surface area contributed by atoms with E-state index in [1.165, 1.54) is 0 Å². The number of hydrogen-bond donors (Lipinski definition) is 2. The van der Waals surface area contributed by atoms with Crippen LogP contribution in [0.15, 0.2) is 152 Å². The van der Waals surface area contributed by atoms with Crippen LogP contribution in [-0.4, -0.2) is 48.1 Å². The van der Waals surface area contributed by atoms with E-state index in [2.05, 4.69) is 9.97 Å². The summed E-state index contributed by atoms with van der Waals surface area (Å²) < 4.78 is 30.9. The largest absolute Gasteiger partial charge is 0.497 e. The zero-order valence-electron chi connectivity index (χ0n) is 27.8. The molecule has 9 nitrogen and oxygen atoms in total. The second kappa shape index (κ2) is 16.0. The van der Waals surface area contributed by atoms with Crippen molar-refractivity contribution in [2.45, 2.75) is 23.9 Å². The molecule has 50 heavy (non-hydrogen) atoms. The predicted molar refractivity (Wildman–Crippen MR) is 191 cm³/mol. The molecular weight excluding hydrogens is 630 g/mol. The molecule has 0 aliphatic heterocycles. The minimum Gasteiger partial charge on any atom is -0.497 e. The quantitative estimate of drug-likeness (QED) is 0.111. The van der Waals surface area contributed by atoms with Gasteiger partial charge in [-0.1, -0.05) is 91.0 Å². The van der Waals surface area contributed by atoms with Gasteiger partial charge in [0.15, 0.2) is 12.2 Å². The van der Waals surface area contributed by atoms with Crippen LogP contribution in [0.1, 0.15) is 28.4 Å². The summed E-state index contributed by atoms with van der Waals surface area (Å²) >= 11 is 0. The number of ether oxygens (including phenoxy) is 5. The maximum atomic E-state index is 12.3. The first-order chi connectivity index (χ1) is 24.5. The topological polar surface area (TPSA) is 118 Å². The second-order valence-corrected chi connectivity index (χ2v) is 11.5. The molecular formula is C41H39N3O6. The zero-order chi connectivity index (χ0) is 34.8. The van der Waals surface area contributed by atoms with Gasteiger partial charge in [-0.15, -0.1) is 0 Å². The van der Waals surface area contributed by atoms with Gasteiger partial charge >= 0.3 is 0 Å². The van der Waals surface area contributed by atoms with E-state index in [1.54, 1.807) is 75.1 Å². The Morgan fingerprint density at radius 1 is 0.580 bits per heavy atom. The van der Waals surface area contributed by atoms with E-state index in [4.69, 9.17) is 29.4 Å². The van der Waals surface area contributed by atoms with E-state index in [9.17, 15) is 5.11 Å². The monoisotopic (exact) mass is 669 g/mol. The Morgan fingerprint density at radius 3 is 1.40 bits per heavy atom. The smallest absolute Gasteiger partial charge is 0.219 e. The number of aromatic nitrogens is 2. The standard InChI is InChI=1S/C41H39N3O6/c1-46-33-18-22-35(23-19-33)49-38(29-26-43-40(42)44-27-29)39(50-36-24-20-34(47-2)21-25-36)37(45)28-48-41(30-12-6-3-7-13-30,31-14-8-4-9-15-31)32-16-10-5-11-17-32/h3-27,37-39,45H,28H2,1-2H3,(H2,42,43,44)/t37-,38-,39+/m1/s1.